The van der Waals surface area contributed by atoms with Crippen molar-refractivity contribution in [2.24, 2.45) is 0 Å². The molecular formula is C33H27N7O2. The molecule has 4 heterocycles. The van der Waals surface area contributed by atoms with Gasteiger partial charge in [0.15, 0.2) is 5.78 Å². The zero-order valence-electron chi connectivity index (χ0n) is 22.6. The monoisotopic (exact) mass is 553 g/mol. The van der Waals surface area contributed by atoms with E-state index >= 15 is 0 Å². The number of benzene rings is 2. The molecule has 206 valence electrons. The van der Waals surface area contributed by atoms with E-state index in [2.05, 4.69) is 25.6 Å². The molecule has 6 rings (SSSR count). The molecular weight excluding hydrogens is 526 g/mol. The van der Waals surface area contributed by atoms with Crippen LogP contribution in [0.3, 0.4) is 0 Å². The Balaban J connectivity index is 1.26. The van der Waals surface area contributed by atoms with Gasteiger partial charge in [-0.2, -0.15) is 0 Å². The van der Waals surface area contributed by atoms with Crippen LogP contribution in [0.5, 0.6) is 0 Å². The number of hydrogen-bond donors (Lipinski definition) is 2. The number of carbonyl (C=O) groups excluding carboxylic acids is 2. The maximum atomic E-state index is 13.4. The lowest BCUT2D eigenvalue weighted by Gasteiger charge is -2.11. The number of nitrogens with one attached hydrogen (secondary N) is 2. The van der Waals surface area contributed by atoms with Gasteiger partial charge in [0, 0.05) is 66.1 Å². The van der Waals surface area contributed by atoms with Crippen molar-refractivity contribution in [3.8, 4) is 11.1 Å². The molecule has 9 nitrogen and oxygen atoms in total. The molecule has 0 aliphatic rings. The number of Topliss-reactive ketones (excluding diaryl/α,β-unsaturated/α-hetero) is 1. The van der Waals surface area contributed by atoms with Crippen LogP contribution in [0.4, 0.5) is 11.6 Å². The third kappa shape index (κ3) is 6.05. The molecule has 0 aliphatic carbocycles. The Kier molecular flexibility index (Phi) is 7.71. The van der Waals surface area contributed by atoms with Crippen molar-refractivity contribution < 1.29 is 9.59 Å². The van der Waals surface area contributed by atoms with Crippen molar-refractivity contribution in [2.75, 3.05) is 17.2 Å². The summed E-state index contributed by atoms with van der Waals surface area (Å²) in [6.45, 7) is 0.728. The summed E-state index contributed by atoms with van der Waals surface area (Å²) in [5.74, 6) is 0.0916. The number of anilines is 2. The number of aryl methyl sites for hydroxylation is 2. The number of fused-ring (bicyclic) bond motifs is 1. The molecule has 0 atom stereocenters. The summed E-state index contributed by atoms with van der Waals surface area (Å²) in [6.07, 6.45) is 10.9. The fourth-order valence-electron chi connectivity index (χ4n) is 4.69. The van der Waals surface area contributed by atoms with Crippen molar-refractivity contribution in [1.82, 2.24) is 24.5 Å². The summed E-state index contributed by atoms with van der Waals surface area (Å²) in [7, 11) is 0. The fourth-order valence-corrected chi connectivity index (χ4v) is 4.69. The number of carbonyl (C=O) groups is 2. The summed E-state index contributed by atoms with van der Waals surface area (Å²) in [5, 5.41) is 6.19. The average molecular weight is 554 g/mol. The highest BCUT2D eigenvalue weighted by Gasteiger charge is 2.17. The van der Waals surface area contributed by atoms with Crippen molar-refractivity contribution in [2.45, 2.75) is 13.0 Å². The molecule has 0 unspecified atom stereocenters. The van der Waals surface area contributed by atoms with E-state index in [0.29, 0.717) is 35.6 Å². The highest BCUT2D eigenvalue weighted by atomic mass is 16.2. The van der Waals surface area contributed by atoms with Crippen LogP contribution in [-0.2, 0) is 13.0 Å². The van der Waals surface area contributed by atoms with E-state index in [0.717, 1.165) is 27.9 Å². The number of hydrogen-bond acceptors (Lipinski definition) is 7. The maximum Gasteiger partial charge on any atom is 0.259 e. The smallest absolute Gasteiger partial charge is 0.259 e. The Bertz CT molecular complexity index is 1840. The van der Waals surface area contributed by atoms with E-state index in [1.165, 1.54) is 6.20 Å². The fraction of sp³-hybridized carbons (Fsp3) is 0.0909. The van der Waals surface area contributed by atoms with Crippen LogP contribution in [0.15, 0.2) is 116 Å². The molecule has 1 amide bonds. The number of ketones is 1. The van der Waals surface area contributed by atoms with Gasteiger partial charge in [-0.3, -0.25) is 29.9 Å². The highest BCUT2D eigenvalue weighted by molar-refractivity contribution is 6.04. The van der Waals surface area contributed by atoms with E-state index in [-0.39, 0.29) is 18.2 Å². The summed E-state index contributed by atoms with van der Waals surface area (Å²) in [6, 6.07) is 24.4. The number of amides is 1. The van der Waals surface area contributed by atoms with Gasteiger partial charge in [-0.25, -0.2) is 4.98 Å². The lowest BCUT2D eigenvalue weighted by atomic mass is 10.1. The number of pyridine rings is 3. The first-order chi connectivity index (χ1) is 20.6. The minimum absolute atomic E-state index is 0.00669. The van der Waals surface area contributed by atoms with Crippen molar-refractivity contribution in [3.05, 3.63) is 133 Å². The van der Waals surface area contributed by atoms with Crippen LogP contribution >= 0.6 is 0 Å². The van der Waals surface area contributed by atoms with E-state index < -0.39 is 0 Å². The van der Waals surface area contributed by atoms with Crippen LogP contribution in [0, 0.1) is 0 Å². The molecule has 9 heteroatoms. The highest BCUT2D eigenvalue weighted by Crippen LogP contribution is 2.25. The molecule has 0 saturated carbocycles. The summed E-state index contributed by atoms with van der Waals surface area (Å²) < 4.78 is 1.98. The lowest BCUT2D eigenvalue weighted by Crippen LogP contribution is -2.17. The minimum atomic E-state index is -0.321. The quantitative estimate of drug-likeness (QED) is 0.210. The zero-order valence-corrected chi connectivity index (χ0v) is 22.6. The van der Waals surface area contributed by atoms with Gasteiger partial charge in [0.2, 0.25) is 5.95 Å². The molecule has 0 aliphatic heterocycles. The Hall–Kier alpha value is -5.70. The first-order valence-electron chi connectivity index (χ1n) is 13.5. The molecule has 0 spiro atoms. The molecule has 0 fully saturated rings. The van der Waals surface area contributed by atoms with Gasteiger partial charge in [-0.1, -0.05) is 42.5 Å². The van der Waals surface area contributed by atoms with Crippen LogP contribution in [-0.4, -0.2) is 42.7 Å². The van der Waals surface area contributed by atoms with Gasteiger partial charge in [-0.15, -0.1) is 0 Å². The standard InChI is InChI=1S/C33H27N7O2/c41-31(24-7-2-1-3-8-24)22-37-28-10-11-30-29(17-28)38-33(40(30)15-12-23-6-4-13-34-18-23)39-32(42)27-16-26(20-36-21-27)25-9-5-14-35-19-25/h1-11,13-14,16-21,37H,12,15,22H2,(H,38,39,42). The van der Waals surface area contributed by atoms with E-state index in [1.54, 1.807) is 43.0 Å². The molecule has 0 bridgehead atoms. The Morgan fingerprint density at radius 1 is 0.738 bits per heavy atom. The predicted molar refractivity (Wildman–Crippen MR) is 162 cm³/mol. The summed E-state index contributed by atoms with van der Waals surface area (Å²) >= 11 is 0. The number of aromatic nitrogens is 5. The lowest BCUT2D eigenvalue weighted by molar-refractivity contribution is 0.100. The van der Waals surface area contributed by atoms with Gasteiger partial charge in [0.25, 0.3) is 5.91 Å². The van der Waals surface area contributed by atoms with Gasteiger partial charge in [0.05, 0.1) is 23.1 Å². The van der Waals surface area contributed by atoms with Gasteiger partial charge in [0.1, 0.15) is 0 Å². The van der Waals surface area contributed by atoms with Crippen molar-refractivity contribution >= 4 is 34.4 Å². The van der Waals surface area contributed by atoms with E-state index in [9.17, 15) is 9.59 Å². The predicted octanol–water partition coefficient (Wildman–Crippen LogP) is 5.68. The largest absolute Gasteiger partial charge is 0.378 e. The van der Waals surface area contributed by atoms with Crippen LogP contribution in [0.25, 0.3) is 22.2 Å². The van der Waals surface area contributed by atoms with Crippen molar-refractivity contribution in [3.63, 3.8) is 0 Å². The third-order valence-corrected chi connectivity index (χ3v) is 6.86. The Morgan fingerprint density at radius 2 is 1.55 bits per heavy atom. The molecule has 2 aromatic carbocycles. The molecule has 0 saturated heterocycles. The van der Waals surface area contributed by atoms with Gasteiger partial charge >= 0.3 is 0 Å². The SMILES string of the molecule is O=C(CNc1ccc2c(c1)nc(NC(=O)c1cncc(-c3cccnc3)c1)n2CCc1cccnc1)c1ccccc1. The second kappa shape index (κ2) is 12.2. The topological polar surface area (TPSA) is 115 Å². The van der Waals surface area contributed by atoms with E-state index in [4.69, 9.17) is 4.98 Å². The van der Waals surface area contributed by atoms with Gasteiger partial charge in [-0.05, 0) is 48.4 Å². The van der Waals surface area contributed by atoms with Crippen molar-refractivity contribution in [1.29, 1.82) is 0 Å². The Morgan fingerprint density at radius 3 is 2.33 bits per heavy atom. The average Bonchev–Trinajstić information content (AvgIpc) is 3.39. The third-order valence-electron chi connectivity index (χ3n) is 6.86. The Labute approximate surface area is 242 Å². The number of rotatable bonds is 10. The first kappa shape index (κ1) is 26.5. The molecule has 6 aromatic rings. The molecule has 42 heavy (non-hydrogen) atoms. The number of imidazole rings is 1. The van der Waals surface area contributed by atoms with Gasteiger partial charge < -0.3 is 9.88 Å². The second-order valence-corrected chi connectivity index (χ2v) is 9.70. The van der Waals surface area contributed by atoms with E-state index in [1.807, 2.05) is 71.4 Å². The zero-order chi connectivity index (χ0) is 28.7. The normalized spacial score (nSPS) is 10.9. The molecule has 0 radical (unpaired) electrons. The first-order valence-corrected chi connectivity index (χ1v) is 13.5. The molecule has 2 N–H and O–H groups in total. The maximum absolute atomic E-state index is 13.4. The number of nitrogens with zero attached hydrogens (tertiary/aromatic N) is 5. The second-order valence-electron chi connectivity index (χ2n) is 9.70. The minimum Gasteiger partial charge on any atom is -0.378 e. The van der Waals surface area contributed by atoms with Crippen LogP contribution in [0.2, 0.25) is 0 Å². The molecule has 4 aromatic heterocycles. The summed E-state index contributed by atoms with van der Waals surface area (Å²) in [5.41, 5.74) is 6.10. The van der Waals surface area contributed by atoms with Crippen LogP contribution < -0.4 is 10.6 Å². The van der Waals surface area contributed by atoms with Crippen LogP contribution in [0.1, 0.15) is 26.3 Å². The summed E-state index contributed by atoms with van der Waals surface area (Å²) in [4.78, 5) is 43.4.